The predicted octanol–water partition coefficient (Wildman–Crippen LogP) is 1.34. The second-order valence-electron chi connectivity index (χ2n) is 4.15. The maximum absolute atomic E-state index is 8.95. The largest absolute Gasteiger partial charge is 0.319 e. The average Bonchev–Trinajstić information content (AvgIpc) is 2.11. The van der Waals surface area contributed by atoms with Crippen molar-refractivity contribution in [3.8, 4) is 6.07 Å². The fourth-order valence-electron chi connectivity index (χ4n) is 3.01. The van der Waals surface area contributed by atoms with Gasteiger partial charge in [-0.2, -0.15) is 17.0 Å². The Morgan fingerprint density at radius 1 is 1.62 bits per heavy atom. The third kappa shape index (κ3) is 1.19. The van der Waals surface area contributed by atoms with Crippen molar-refractivity contribution in [3.63, 3.8) is 0 Å². The lowest BCUT2D eigenvalue weighted by Gasteiger charge is -2.61. The number of hydrogen-bond donors (Lipinski definition) is 1. The molecular weight excluding hydrogens is 180 g/mol. The zero-order chi connectivity index (χ0) is 9.42. The minimum Gasteiger partial charge on any atom is -0.319 e. The number of thioether (sulfide) groups is 1. The summed E-state index contributed by atoms with van der Waals surface area (Å²) >= 11 is 1.89. The van der Waals surface area contributed by atoms with Crippen molar-refractivity contribution >= 4 is 11.8 Å². The first-order chi connectivity index (χ1) is 6.33. The minimum absolute atomic E-state index is 0.355. The summed E-state index contributed by atoms with van der Waals surface area (Å²) in [5, 5.41) is 12.8. The first-order valence-electron chi connectivity index (χ1n) is 4.90. The number of fused-ring (bicyclic) bond motifs is 1. The summed E-state index contributed by atoms with van der Waals surface area (Å²) in [4.78, 5) is 0. The molecule has 0 aromatic heterocycles. The zero-order valence-corrected chi connectivity index (χ0v) is 8.97. The summed E-state index contributed by atoms with van der Waals surface area (Å²) < 4.78 is 0. The third-order valence-corrected chi connectivity index (χ3v) is 4.85. The molecule has 5 unspecified atom stereocenters. The molecule has 2 fully saturated rings. The van der Waals surface area contributed by atoms with Gasteiger partial charge in [-0.25, -0.2) is 0 Å². The Hall–Kier alpha value is -0.200. The molecule has 2 saturated carbocycles. The van der Waals surface area contributed by atoms with Crippen LogP contribution in [0, 0.1) is 35.0 Å². The summed E-state index contributed by atoms with van der Waals surface area (Å²) in [6, 6.07) is 2.46. The number of rotatable bonds is 3. The molecule has 0 saturated heterocycles. The van der Waals surface area contributed by atoms with E-state index in [9.17, 15) is 0 Å². The van der Waals surface area contributed by atoms with E-state index >= 15 is 0 Å². The molecule has 1 N–H and O–H groups in total. The van der Waals surface area contributed by atoms with Crippen molar-refractivity contribution in [3.05, 3.63) is 0 Å². The average molecular weight is 196 g/mol. The van der Waals surface area contributed by atoms with Crippen LogP contribution in [0.2, 0.25) is 0 Å². The Morgan fingerprint density at radius 3 is 2.92 bits per heavy atom. The van der Waals surface area contributed by atoms with E-state index in [1.807, 2.05) is 18.8 Å². The lowest BCUT2D eigenvalue weighted by molar-refractivity contribution is -0.0510. The third-order valence-electron chi connectivity index (χ3n) is 3.70. The van der Waals surface area contributed by atoms with E-state index in [0.717, 1.165) is 24.3 Å². The predicted molar refractivity (Wildman–Crippen MR) is 55.4 cm³/mol. The van der Waals surface area contributed by atoms with Crippen LogP contribution in [-0.2, 0) is 0 Å². The summed E-state index contributed by atoms with van der Waals surface area (Å²) in [6.45, 7) is 1.14. The molecular formula is C10H16N2S. The van der Waals surface area contributed by atoms with Gasteiger partial charge >= 0.3 is 0 Å². The van der Waals surface area contributed by atoms with Gasteiger partial charge in [-0.3, -0.25) is 0 Å². The Bertz CT molecular complexity index is 236. The SMILES string of the molecule is CNCC1CC2C(C#N)C(SC)C12. The molecule has 0 amide bonds. The molecule has 0 aliphatic heterocycles. The van der Waals surface area contributed by atoms with E-state index in [-0.39, 0.29) is 0 Å². The Kier molecular flexibility index (Phi) is 2.53. The van der Waals surface area contributed by atoms with Gasteiger partial charge in [0.25, 0.3) is 0 Å². The summed E-state index contributed by atoms with van der Waals surface area (Å²) in [7, 11) is 2.02. The molecule has 2 aliphatic carbocycles. The molecule has 13 heavy (non-hydrogen) atoms. The Morgan fingerprint density at radius 2 is 2.38 bits per heavy atom. The van der Waals surface area contributed by atoms with Crippen LogP contribution in [0.15, 0.2) is 0 Å². The number of nitrogens with one attached hydrogen (secondary N) is 1. The first kappa shape index (κ1) is 9.36. The van der Waals surface area contributed by atoms with E-state index in [2.05, 4.69) is 17.6 Å². The van der Waals surface area contributed by atoms with Gasteiger partial charge in [0.05, 0.1) is 12.0 Å². The fraction of sp³-hybridized carbons (Fsp3) is 0.900. The van der Waals surface area contributed by atoms with Gasteiger partial charge in [-0.05, 0) is 44.0 Å². The topological polar surface area (TPSA) is 35.8 Å². The Labute approximate surface area is 84.1 Å². The molecule has 2 aliphatic rings. The molecule has 0 aromatic carbocycles. The lowest BCUT2D eigenvalue weighted by Crippen LogP contribution is -2.62. The van der Waals surface area contributed by atoms with Crippen LogP contribution in [0.5, 0.6) is 0 Å². The number of hydrogen-bond acceptors (Lipinski definition) is 3. The molecule has 0 spiro atoms. The summed E-state index contributed by atoms with van der Waals surface area (Å²) in [5.41, 5.74) is 0. The van der Waals surface area contributed by atoms with Crippen LogP contribution in [0.3, 0.4) is 0 Å². The maximum Gasteiger partial charge on any atom is 0.0670 e. The number of nitriles is 1. The highest BCUT2D eigenvalue weighted by Gasteiger charge is 2.60. The molecule has 5 atom stereocenters. The van der Waals surface area contributed by atoms with Gasteiger partial charge < -0.3 is 5.32 Å². The molecule has 2 rings (SSSR count). The van der Waals surface area contributed by atoms with Gasteiger partial charge in [-0.1, -0.05) is 0 Å². The summed E-state index contributed by atoms with van der Waals surface area (Å²) in [5.74, 6) is 2.78. The van der Waals surface area contributed by atoms with Gasteiger partial charge in [0.1, 0.15) is 0 Å². The van der Waals surface area contributed by atoms with Crippen LogP contribution in [0.4, 0.5) is 0 Å². The van der Waals surface area contributed by atoms with Crippen molar-refractivity contribution in [1.82, 2.24) is 5.32 Å². The lowest BCUT2D eigenvalue weighted by atomic mass is 9.48. The summed E-state index contributed by atoms with van der Waals surface area (Å²) in [6.07, 6.45) is 3.42. The van der Waals surface area contributed by atoms with Crippen LogP contribution in [0.1, 0.15) is 6.42 Å². The molecule has 0 bridgehead atoms. The highest BCUT2D eigenvalue weighted by Crippen LogP contribution is 2.61. The zero-order valence-electron chi connectivity index (χ0n) is 8.16. The van der Waals surface area contributed by atoms with Crippen LogP contribution >= 0.6 is 11.8 Å². The standard InChI is InChI=1S/C10H16N2S/c1-12-5-6-3-7-8(4-11)10(13-2)9(6)7/h6-10,12H,3,5H2,1-2H3. The van der Waals surface area contributed by atoms with Crippen LogP contribution in [-0.4, -0.2) is 25.1 Å². The van der Waals surface area contributed by atoms with Crippen molar-refractivity contribution in [2.45, 2.75) is 11.7 Å². The van der Waals surface area contributed by atoms with E-state index in [1.165, 1.54) is 6.42 Å². The van der Waals surface area contributed by atoms with E-state index in [0.29, 0.717) is 11.2 Å². The van der Waals surface area contributed by atoms with Crippen LogP contribution in [0.25, 0.3) is 0 Å². The van der Waals surface area contributed by atoms with Gasteiger partial charge in [0.2, 0.25) is 0 Å². The maximum atomic E-state index is 8.95. The smallest absolute Gasteiger partial charge is 0.0670 e. The molecule has 72 valence electrons. The monoisotopic (exact) mass is 196 g/mol. The van der Waals surface area contributed by atoms with Crippen molar-refractivity contribution in [2.24, 2.45) is 23.7 Å². The van der Waals surface area contributed by atoms with Crippen molar-refractivity contribution in [1.29, 1.82) is 5.26 Å². The first-order valence-corrected chi connectivity index (χ1v) is 6.19. The molecule has 3 heteroatoms. The van der Waals surface area contributed by atoms with Gasteiger partial charge in [0, 0.05) is 5.25 Å². The van der Waals surface area contributed by atoms with E-state index < -0.39 is 0 Å². The highest BCUT2D eigenvalue weighted by atomic mass is 32.2. The van der Waals surface area contributed by atoms with Crippen molar-refractivity contribution < 1.29 is 0 Å². The van der Waals surface area contributed by atoms with Crippen molar-refractivity contribution in [2.75, 3.05) is 19.8 Å². The molecule has 0 radical (unpaired) electrons. The van der Waals surface area contributed by atoms with Gasteiger partial charge in [0.15, 0.2) is 0 Å². The van der Waals surface area contributed by atoms with Crippen LogP contribution < -0.4 is 5.32 Å². The second-order valence-corrected chi connectivity index (χ2v) is 5.17. The molecule has 2 nitrogen and oxygen atoms in total. The molecule has 0 heterocycles. The van der Waals surface area contributed by atoms with E-state index in [4.69, 9.17) is 5.26 Å². The van der Waals surface area contributed by atoms with E-state index in [1.54, 1.807) is 0 Å². The second kappa shape index (κ2) is 3.51. The fourth-order valence-corrected chi connectivity index (χ4v) is 4.30. The Balaban J connectivity index is 1.93. The minimum atomic E-state index is 0.355. The highest BCUT2D eigenvalue weighted by molar-refractivity contribution is 7.99. The van der Waals surface area contributed by atoms with Gasteiger partial charge in [-0.15, -0.1) is 0 Å². The quantitative estimate of drug-likeness (QED) is 0.740. The molecule has 0 aromatic rings. The number of nitrogens with zero attached hydrogens (tertiary/aromatic N) is 1. The normalized spacial score (nSPS) is 47.0.